The Kier molecular flexibility index (Phi) is 3.95. The van der Waals surface area contributed by atoms with Crippen LogP contribution in [0.4, 0.5) is 5.82 Å². The molecule has 1 atom stereocenters. The van der Waals surface area contributed by atoms with Crippen molar-refractivity contribution in [1.29, 1.82) is 5.26 Å². The van der Waals surface area contributed by atoms with Crippen LogP contribution in [-0.4, -0.2) is 42.7 Å². The number of rotatable bonds is 3. The maximum atomic E-state index is 12.3. The van der Waals surface area contributed by atoms with Crippen LogP contribution < -0.4 is 10.2 Å². The van der Waals surface area contributed by atoms with Gasteiger partial charge in [0.2, 0.25) is 5.91 Å². The van der Waals surface area contributed by atoms with Gasteiger partial charge in [-0.15, -0.1) is 0 Å². The summed E-state index contributed by atoms with van der Waals surface area (Å²) in [6.45, 7) is 1.37. The van der Waals surface area contributed by atoms with Gasteiger partial charge in [-0.1, -0.05) is 11.6 Å². The molecule has 0 spiro atoms. The van der Waals surface area contributed by atoms with Gasteiger partial charge >= 0.3 is 0 Å². The molecule has 2 heterocycles. The molecule has 1 saturated carbocycles. The zero-order valence-electron chi connectivity index (χ0n) is 11.4. The van der Waals surface area contributed by atoms with Crippen molar-refractivity contribution in [2.75, 3.05) is 24.7 Å². The maximum Gasteiger partial charge on any atom is 0.245 e. The number of ether oxygens (including phenoxy) is 1. The first-order valence-corrected chi connectivity index (χ1v) is 7.27. The molecule has 3 rings (SSSR count). The topological polar surface area (TPSA) is 78.2 Å². The Morgan fingerprint density at radius 1 is 1.52 bits per heavy atom. The number of nitrogens with one attached hydrogen (secondary N) is 1. The minimum atomic E-state index is -0.433. The lowest BCUT2D eigenvalue weighted by atomic mass is 10.2. The third-order valence-corrected chi connectivity index (χ3v) is 3.75. The fourth-order valence-corrected chi connectivity index (χ4v) is 2.52. The highest BCUT2D eigenvalue weighted by molar-refractivity contribution is 6.29. The van der Waals surface area contributed by atoms with Crippen LogP contribution in [-0.2, 0) is 9.53 Å². The first-order valence-electron chi connectivity index (χ1n) is 6.90. The Labute approximate surface area is 127 Å². The molecule has 0 bridgehead atoms. The SMILES string of the molecule is N#Cc1cc(Cl)nc(N2CCOCC2C(=O)NC2CC2)c1. The second kappa shape index (κ2) is 5.88. The number of amides is 1. The van der Waals surface area contributed by atoms with Crippen molar-refractivity contribution in [1.82, 2.24) is 10.3 Å². The molecule has 0 radical (unpaired) electrons. The second-order valence-electron chi connectivity index (χ2n) is 5.22. The van der Waals surface area contributed by atoms with Gasteiger partial charge in [0.05, 0.1) is 24.8 Å². The number of anilines is 1. The van der Waals surface area contributed by atoms with Crippen molar-refractivity contribution in [2.45, 2.75) is 24.9 Å². The number of halogens is 1. The summed E-state index contributed by atoms with van der Waals surface area (Å²) in [5.41, 5.74) is 0.429. The number of pyridine rings is 1. The lowest BCUT2D eigenvalue weighted by Gasteiger charge is -2.35. The highest BCUT2D eigenvalue weighted by Crippen LogP contribution is 2.23. The van der Waals surface area contributed by atoms with Gasteiger partial charge in [0, 0.05) is 12.6 Å². The zero-order chi connectivity index (χ0) is 14.8. The molecule has 6 nitrogen and oxygen atoms in total. The van der Waals surface area contributed by atoms with E-state index in [0.29, 0.717) is 37.2 Å². The van der Waals surface area contributed by atoms with E-state index in [2.05, 4.69) is 16.4 Å². The Morgan fingerprint density at radius 2 is 2.33 bits per heavy atom. The Bertz CT molecular complexity index is 597. The van der Waals surface area contributed by atoms with Gasteiger partial charge in [-0.2, -0.15) is 5.26 Å². The van der Waals surface area contributed by atoms with Gasteiger partial charge in [0.25, 0.3) is 0 Å². The summed E-state index contributed by atoms with van der Waals surface area (Å²) >= 11 is 5.95. The van der Waals surface area contributed by atoms with E-state index in [4.69, 9.17) is 21.6 Å². The summed E-state index contributed by atoms with van der Waals surface area (Å²) in [7, 11) is 0. The zero-order valence-corrected chi connectivity index (χ0v) is 12.1. The number of nitriles is 1. The van der Waals surface area contributed by atoms with Crippen LogP contribution in [0.1, 0.15) is 18.4 Å². The van der Waals surface area contributed by atoms with Crippen molar-refractivity contribution in [3.63, 3.8) is 0 Å². The van der Waals surface area contributed by atoms with Crippen LogP contribution in [0.15, 0.2) is 12.1 Å². The lowest BCUT2D eigenvalue weighted by Crippen LogP contribution is -2.54. The molecule has 1 aliphatic heterocycles. The van der Waals surface area contributed by atoms with Crippen LogP contribution in [0, 0.1) is 11.3 Å². The first-order chi connectivity index (χ1) is 10.2. The number of carbonyl (C=O) groups is 1. The van der Waals surface area contributed by atoms with Crippen molar-refractivity contribution in [2.24, 2.45) is 0 Å². The maximum absolute atomic E-state index is 12.3. The average molecular weight is 307 g/mol. The van der Waals surface area contributed by atoms with Gasteiger partial charge in [-0.05, 0) is 25.0 Å². The van der Waals surface area contributed by atoms with E-state index in [0.717, 1.165) is 12.8 Å². The molecule has 1 unspecified atom stereocenters. The Hall–Kier alpha value is -1.84. The summed E-state index contributed by atoms with van der Waals surface area (Å²) < 4.78 is 5.42. The smallest absolute Gasteiger partial charge is 0.245 e. The van der Waals surface area contributed by atoms with Crippen molar-refractivity contribution >= 4 is 23.3 Å². The van der Waals surface area contributed by atoms with E-state index in [1.54, 1.807) is 6.07 Å². The van der Waals surface area contributed by atoms with E-state index in [9.17, 15) is 4.79 Å². The van der Waals surface area contributed by atoms with Gasteiger partial charge < -0.3 is 15.0 Å². The second-order valence-corrected chi connectivity index (χ2v) is 5.60. The quantitative estimate of drug-likeness (QED) is 0.846. The lowest BCUT2D eigenvalue weighted by molar-refractivity contribution is -0.124. The number of hydrogen-bond donors (Lipinski definition) is 1. The molecule has 1 N–H and O–H groups in total. The molecule has 21 heavy (non-hydrogen) atoms. The fraction of sp³-hybridized carbons (Fsp3) is 0.500. The van der Waals surface area contributed by atoms with Crippen LogP contribution in [0.3, 0.4) is 0 Å². The minimum absolute atomic E-state index is 0.0579. The van der Waals surface area contributed by atoms with Crippen LogP contribution in [0.2, 0.25) is 5.15 Å². The van der Waals surface area contributed by atoms with E-state index in [1.165, 1.54) is 6.07 Å². The number of aromatic nitrogens is 1. The molecule has 2 aliphatic rings. The number of carbonyl (C=O) groups excluding carboxylic acids is 1. The van der Waals surface area contributed by atoms with Crippen molar-refractivity contribution in [3.8, 4) is 6.07 Å². The summed E-state index contributed by atoms with van der Waals surface area (Å²) in [5, 5.41) is 12.3. The van der Waals surface area contributed by atoms with E-state index in [1.807, 2.05) is 4.90 Å². The molecule has 1 saturated heterocycles. The molecular formula is C14H15ClN4O2. The van der Waals surface area contributed by atoms with Crippen molar-refractivity contribution in [3.05, 3.63) is 22.8 Å². The highest BCUT2D eigenvalue weighted by Gasteiger charge is 2.34. The van der Waals surface area contributed by atoms with Gasteiger partial charge in [0.1, 0.15) is 17.0 Å². The highest BCUT2D eigenvalue weighted by atomic mass is 35.5. The predicted octanol–water partition coefficient (Wildman–Crippen LogP) is 1.09. The van der Waals surface area contributed by atoms with Crippen LogP contribution >= 0.6 is 11.6 Å². The van der Waals surface area contributed by atoms with E-state index < -0.39 is 6.04 Å². The largest absolute Gasteiger partial charge is 0.377 e. The first kappa shape index (κ1) is 14.1. The Morgan fingerprint density at radius 3 is 3.05 bits per heavy atom. The number of hydrogen-bond acceptors (Lipinski definition) is 5. The van der Waals surface area contributed by atoms with E-state index >= 15 is 0 Å². The molecule has 1 amide bonds. The molecule has 110 valence electrons. The summed E-state index contributed by atoms with van der Waals surface area (Å²) in [6, 6.07) is 5.06. The van der Waals surface area contributed by atoms with Gasteiger partial charge in [-0.25, -0.2) is 4.98 Å². The normalized spacial score (nSPS) is 21.7. The molecule has 1 aliphatic carbocycles. The van der Waals surface area contributed by atoms with Crippen LogP contribution in [0.5, 0.6) is 0 Å². The van der Waals surface area contributed by atoms with E-state index in [-0.39, 0.29) is 11.1 Å². The summed E-state index contributed by atoms with van der Waals surface area (Å²) in [6.07, 6.45) is 2.07. The third-order valence-electron chi connectivity index (χ3n) is 3.56. The summed E-state index contributed by atoms with van der Waals surface area (Å²) in [4.78, 5) is 18.4. The molecular weight excluding hydrogens is 292 g/mol. The fourth-order valence-electron chi connectivity index (χ4n) is 2.31. The average Bonchev–Trinajstić information content (AvgIpc) is 3.30. The van der Waals surface area contributed by atoms with Crippen molar-refractivity contribution < 1.29 is 9.53 Å². The van der Waals surface area contributed by atoms with Gasteiger partial charge in [-0.3, -0.25) is 4.79 Å². The minimum Gasteiger partial charge on any atom is -0.377 e. The monoisotopic (exact) mass is 306 g/mol. The summed E-state index contributed by atoms with van der Waals surface area (Å²) in [5.74, 6) is 0.482. The molecule has 7 heteroatoms. The van der Waals surface area contributed by atoms with Gasteiger partial charge in [0.15, 0.2) is 0 Å². The molecule has 1 aromatic heterocycles. The number of nitrogens with zero attached hydrogens (tertiary/aromatic N) is 3. The Balaban J connectivity index is 1.84. The molecule has 1 aromatic rings. The molecule has 2 fully saturated rings. The predicted molar refractivity (Wildman–Crippen MR) is 77.1 cm³/mol. The number of morpholine rings is 1. The standard InChI is InChI=1S/C14H15ClN4O2/c15-12-5-9(7-16)6-13(18-12)19-3-4-21-8-11(19)14(20)17-10-1-2-10/h5-6,10-11H,1-4,8H2,(H,17,20). The third kappa shape index (κ3) is 3.26. The van der Waals surface area contributed by atoms with Crippen LogP contribution in [0.25, 0.3) is 0 Å². The molecule has 0 aromatic carbocycles.